The fourth-order valence-corrected chi connectivity index (χ4v) is 3.51. The van der Waals surface area contributed by atoms with E-state index in [1.165, 1.54) is 30.6 Å². The van der Waals surface area contributed by atoms with Gasteiger partial charge in [0, 0.05) is 15.8 Å². The van der Waals surface area contributed by atoms with Gasteiger partial charge in [-0.1, -0.05) is 32.6 Å². The maximum atomic E-state index is 11.9. The summed E-state index contributed by atoms with van der Waals surface area (Å²) in [4.78, 5) is 14.0. The lowest BCUT2D eigenvalue weighted by Crippen LogP contribution is -1.96. The fraction of sp³-hybridized carbons (Fsp3) is 0.615. The first-order valence-electron chi connectivity index (χ1n) is 5.94. The van der Waals surface area contributed by atoms with Gasteiger partial charge in [-0.15, -0.1) is 11.3 Å². The second kappa shape index (κ2) is 7.23. The maximum Gasteiger partial charge on any atom is 0.173 e. The molecule has 1 aromatic rings. The van der Waals surface area contributed by atoms with Gasteiger partial charge in [0.25, 0.3) is 0 Å². The van der Waals surface area contributed by atoms with Crippen molar-refractivity contribution in [1.29, 1.82) is 0 Å². The predicted octanol–water partition coefficient (Wildman–Crippen LogP) is 5.36. The molecule has 1 aromatic heterocycles. The third-order valence-electron chi connectivity index (χ3n) is 2.57. The van der Waals surface area contributed by atoms with Crippen LogP contribution in [0.2, 0.25) is 0 Å². The first-order valence-corrected chi connectivity index (χ1v) is 7.55. The summed E-state index contributed by atoms with van der Waals surface area (Å²) in [7, 11) is 0. The number of carbonyl (C=O) groups is 1. The average molecular weight is 303 g/mol. The molecule has 0 aromatic carbocycles. The molecule has 0 aliphatic rings. The molecule has 0 saturated carbocycles. The van der Waals surface area contributed by atoms with Crippen molar-refractivity contribution >= 4 is 33.0 Å². The Hall–Kier alpha value is -0.150. The third-order valence-corrected chi connectivity index (χ3v) is 4.55. The Morgan fingerprint density at radius 2 is 2.00 bits per heavy atom. The largest absolute Gasteiger partial charge is 0.293 e. The van der Waals surface area contributed by atoms with Crippen LogP contribution < -0.4 is 0 Å². The van der Waals surface area contributed by atoms with Gasteiger partial charge in [0.05, 0.1) is 4.88 Å². The van der Waals surface area contributed by atoms with Crippen LogP contribution in [0.4, 0.5) is 0 Å². The quantitative estimate of drug-likeness (QED) is 0.489. The van der Waals surface area contributed by atoms with Gasteiger partial charge in [-0.05, 0) is 35.3 Å². The van der Waals surface area contributed by atoms with Gasteiger partial charge in [0.2, 0.25) is 0 Å². The normalized spacial score (nSPS) is 10.7. The van der Waals surface area contributed by atoms with E-state index in [2.05, 4.69) is 22.9 Å². The van der Waals surface area contributed by atoms with E-state index in [0.717, 1.165) is 15.8 Å². The number of carbonyl (C=O) groups excluding carboxylic acids is 1. The molecule has 0 aliphatic heterocycles. The molecule has 0 spiro atoms. The third kappa shape index (κ3) is 4.38. The van der Waals surface area contributed by atoms with E-state index in [4.69, 9.17) is 0 Å². The van der Waals surface area contributed by atoms with Crippen molar-refractivity contribution in [3.05, 3.63) is 20.3 Å². The SMILES string of the molecule is CCCCCCCC(=O)c1sc(C)cc1Br. The molecule has 1 rings (SSSR count). The first kappa shape index (κ1) is 13.9. The zero-order chi connectivity index (χ0) is 12.0. The van der Waals surface area contributed by atoms with Gasteiger partial charge in [0.1, 0.15) is 0 Å². The molecular formula is C13H19BrOS. The van der Waals surface area contributed by atoms with Crippen molar-refractivity contribution in [3.8, 4) is 0 Å². The van der Waals surface area contributed by atoms with Gasteiger partial charge in [-0.2, -0.15) is 0 Å². The molecule has 0 amide bonds. The zero-order valence-corrected chi connectivity index (χ0v) is 12.4. The molecule has 0 atom stereocenters. The molecule has 0 aliphatic carbocycles. The number of ketones is 1. The summed E-state index contributed by atoms with van der Waals surface area (Å²) in [5.41, 5.74) is 0. The first-order chi connectivity index (χ1) is 7.65. The Labute approximate surface area is 110 Å². The number of rotatable bonds is 7. The standard InChI is InChI=1S/C13H19BrOS/c1-3-4-5-6-7-8-12(15)13-11(14)9-10(2)16-13/h9H,3-8H2,1-2H3. The Balaban J connectivity index is 2.33. The molecule has 16 heavy (non-hydrogen) atoms. The van der Waals surface area contributed by atoms with Crippen LogP contribution in [0, 0.1) is 6.92 Å². The summed E-state index contributed by atoms with van der Waals surface area (Å²) in [6, 6.07) is 2.02. The van der Waals surface area contributed by atoms with E-state index < -0.39 is 0 Å². The van der Waals surface area contributed by atoms with E-state index in [-0.39, 0.29) is 0 Å². The smallest absolute Gasteiger partial charge is 0.173 e. The monoisotopic (exact) mass is 302 g/mol. The minimum atomic E-state index is 0.293. The van der Waals surface area contributed by atoms with E-state index in [1.54, 1.807) is 11.3 Å². The number of aryl methyl sites for hydroxylation is 1. The van der Waals surface area contributed by atoms with Crippen LogP contribution in [-0.4, -0.2) is 5.78 Å². The van der Waals surface area contributed by atoms with E-state index >= 15 is 0 Å². The Morgan fingerprint density at radius 1 is 1.31 bits per heavy atom. The lowest BCUT2D eigenvalue weighted by Gasteiger charge is -1.99. The highest BCUT2D eigenvalue weighted by molar-refractivity contribution is 9.10. The summed E-state index contributed by atoms with van der Waals surface area (Å²) < 4.78 is 0.966. The Bertz CT molecular complexity index is 344. The molecule has 0 fully saturated rings. The summed E-state index contributed by atoms with van der Waals surface area (Å²) in [6.45, 7) is 4.24. The summed E-state index contributed by atoms with van der Waals surface area (Å²) >= 11 is 5.04. The molecule has 0 radical (unpaired) electrons. The topological polar surface area (TPSA) is 17.1 Å². The number of halogens is 1. The van der Waals surface area contributed by atoms with E-state index in [9.17, 15) is 4.79 Å². The average Bonchev–Trinajstić information content (AvgIpc) is 2.57. The van der Waals surface area contributed by atoms with Crippen molar-refractivity contribution < 1.29 is 4.79 Å². The fourth-order valence-electron chi connectivity index (χ4n) is 1.68. The Morgan fingerprint density at radius 3 is 2.56 bits per heavy atom. The van der Waals surface area contributed by atoms with Crippen LogP contribution >= 0.6 is 27.3 Å². The lowest BCUT2D eigenvalue weighted by molar-refractivity contribution is 0.0982. The van der Waals surface area contributed by atoms with E-state index in [1.807, 2.05) is 13.0 Å². The highest BCUT2D eigenvalue weighted by atomic mass is 79.9. The minimum Gasteiger partial charge on any atom is -0.293 e. The Kier molecular flexibility index (Phi) is 6.29. The van der Waals surface area contributed by atoms with Gasteiger partial charge >= 0.3 is 0 Å². The maximum absolute atomic E-state index is 11.9. The lowest BCUT2D eigenvalue weighted by atomic mass is 10.1. The molecule has 1 nitrogen and oxygen atoms in total. The van der Waals surface area contributed by atoms with Gasteiger partial charge in [0.15, 0.2) is 5.78 Å². The molecule has 0 saturated heterocycles. The molecule has 1 heterocycles. The number of hydrogen-bond acceptors (Lipinski definition) is 2. The van der Waals surface area contributed by atoms with Crippen LogP contribution in [-0.2, 0) is 0 Å². The van der Waals surface area contributed by atoms with Crippen LogP contribution in [0.1, 0.15) is 60.0 Å². The molecule has 0 N–H and O–H groups in total. The second-order valence-corrected chi connectivity index (χ2v) is 6.23. The minimum absolute atomic E-state index is 0.293. The summed E-state index contributed by atoms with van der Waals surface area (Å²) in [5.74, 6) is 0.293. The van der Waals surface area contributed by atoms with Crippen LogP contribution in [0.3, 0.4) is 0 Å². The van der Waals surface area contributed by atoms with Crippen molar-refractivity contribution in [2.24, 2.45) is 0 Å². The number of thiophene rings is 1. The number of Topliss-reactive ketones (excluding diaryl/α,β-unsaturated/α-hetero) is 1. The molecule has 0 bridgehead atoms. The number of hydrogen-bond donors (Lipinski definition) is 0. The van der Waals surface area contributed by atoms with Gasteiger partial charge in [-0.25, -0.2) is 0 Å². The number of unbranched alkanes of at least 4 members (excludes halogenated alkanes) is 4. The van der Waals surface area contributed by atoms with Crippen molar-refractivity contribution in [3.63, 3.8) is 0 Å². The van der Waals surface area contributed by atoms with Crippen molar-refractivity contribution in [2.45, 2.75) is 52.4 Å². The molecular weight excluding hydrogens is 284 g/mol. The van der Waals surface area contributed by atoms with Gasteiger partial charge < -0.3 is 0 Å². The van der Waals surface area contributed by atoms with Crippen molar-refractivity contribution in [1.82, 2.24) is 0 Å². The van der Waals surface area contributed by atoms with Crippen molar-refractivity contribution in [2.75, 3.05) is 0 Å². The zero-order valence-electron chi connectivity index (χ0n) is 10.0. The second-order valence-electron chi connectivity index (χ2n) is 4.12. The van der Waals surface area contributed by atoms with Crippen LogP contribution in [0.25, 0.3) is 0 Å². The highest BCUT2D eigenvalue weighted by Gasteiger charge is 2.12. The summed E-state index contributed by atoms with van der Waals surface area (Å²) in [6.07, 6.45) is 6.71. The highest BCUT2D eigenvalue weighted by Crippen LogP contribution is 2.28. The van der Waals surface area contributed by atoms with Crippen LogP contribution in [0.15, 0.2) is 10.5 Å². The van der Waals surface area contributed by atoms with Gasteiger partial charge in [-0.3, -0.25) is 4.79 Å². The molecule has 0 unspecified atom stereocenters. The predicted molar refractivity (Wildman–Crippen MR) is 74.5 cm³/mol. The van der Waals surface area contributed by atoms with E-state index in [0.29, 0.717) is 12.2 Å². The molecule has 90 valence electrons. The summed E-state index contributed by atoms with van der Waals surface area (Å²) in [5, 5.41) is 0. The molecule has 3 heteroatoms. The van der Waals surface area contributed by atoms with Crippen LogP contribution in [0.5, 0.6) is 0 Å².